The number of fused-ring (bicyclic) bond motifs is 1. The lowest BCUT2D eigenvalue weighted by Crippen LogP contribution is -2.21. The third kappa shape index (κ3) is 1.09. The first-order valence-electron chi connectivity index (χ1n) is 4.67. The van der Waals surface area contributed by atoms with Crippen molar-refractivity contribution in [2.24, 2.45) is 0 Å². The molecule has 0 atom stereocenters. The summed E-state index contributed by atoms with van der Waals surface area (Å²) in [5.74, 6) is 0. The highest BCUT2D eigenvalue weighted by atomic mass is 35.5. The van der Waals surface area contributed by atoms with Gasteiger partial charge in [-0.15, -0.1) is 0 Å². The first kappa shape index (κ1) is 9.60. The lowest BCUT2D eigenvalue weighted by Gasteiger charge is -2.22. The smallest absolute Gasteiger partial charge is 0.0448 e. The van der Waals surface area contributed by atoms with Crippen LogP contribution in [0.3, 0.4) is 0 Å². The summed E-state index contributed by atoms with van der Waals surface area (Å²) in [6.07, 6.45) is 0. The zero-order valence-corrected chi connectivity index (χ0v) is 9.52. The minimum Gasteiger partial charge on any atom is -0.348 e. The molecule has 1 aliphatic heterocycles. The van der Waals surface area contributed by atoms with Gasteiger partial charge in [0.15, 0.2) is 0 Å². The van der Waals surface area contributed by atoms with E-state index in [0.717, 1.165) is 10.7 Å². The minimum absolute atomic E-state index is 0.00498. The van der Waals surface area contributed by atoms with Gasteiger partial charge in [-0.3, -0.25) is 0 Å². The molecule has 0 aliphatic carbocycles. The second kappa shape index (κ2) is 2.77. The van der Waals surface area contributed by atoms with Gasteiger partial charge in [0, 0.05) is 28.9 Å². The monoisotopic (exact) mass is 207 g/mol. The number of benzene rings is 1. The maximum atomic E-state index is 6.00. The van der Waals surface area contributed by atoms with Crippen LogP contribution in [0, 0.1) is 0 Å². The molecule has 2 heteroatoms. The molecule has 0 saturated heterocycles. The van der Waals surface area contributed by atoms with E-state index >= 15 is 0 Å². The molecular formula is C12H14ClN. The van der Waals surface area contributed by atoms with E-state index < -0.39 is 0 Å². The van der Waals surface area contributed by atoms with E-state index in [1.54, 1.807) is 0 Å². The topological polar surface area (TPSA) is 3.24 Å². The van der Waals surface area contributed by atoms with Crippen LogP contribution in [-0.4, -0.2) is 7.05 Å². The van der Waals surface area contributed by atoms with Crippen LogP contribution >= 0.6 is 11.6 Å². The number of allylic oxidation sites excluding steroid dienone is 1. The second-order valence-electron chi connectivity index (χ2n) is 4.29. The molecule has 74 valence electrons. The van der Waals surface area contributed by atoms with E-state index in [2.05, 4.69) is 31.4 Å². The van der Waals surface area contributed by atoms with Crippen molar-refractivity contribution in [1.82, 2.24) is 0 Å². The number of likely N-dealkylation sites (N-methyl/N-ethyl adjacent to an activating group) is 1. The zero-order chi connectivity index (χ0) is 10.5. The molecule has 0 spiro atoms. The van der Waals surface area contributed by atoms with Crippen LogP contribution < -0.4 is 4.90 Å². The van der Waals surface area contributed by atoms with Crippen LogP contribution in [0.1, 0.15) is 19.4 Å². The van der Waals surface area contributed by atoms with E-state index in [1.807, 2.05) is 19.2 Å². The van der Waals surface area contributed by atoms with Crippen molar-refractivity contribution < 1.29 is 0 Å². The van der Waals surface area contributed by atoms with Crippen LogP contribution in [-0.2, 0) is 5.41 Å². The van der Waals surface area contributed by atoms with Gasteiger partial charge in [-0.25, -0.2) is 0 Å². The molecule has 0 bridgehead atoms. The standard InChI is InChI=1S/C12H14ClN/c1-8-12(2,3)10-7-9(13)5-6-11(10)14(8)4/h5-7H,1H2,2-4H3. The Bertz CT molecular complexity index is 407. The first-order chi connectivity index (χ1) is 6.44. The molecule has 1 nitrogen and oxygen atoms in total. The van der Waals surface area contributed by atoms with Gasteiger partial charge in [0.2, 0.25) is 0 Å². The summed E-state index contributed by atoms with van der Waals surface area (Å²) in [7, 11) is 2.05. The van der Waals surface area contributed by atoms with E-state index in [0.29, 0.717) is 0 Å². The van der Waals surface area contributed by atoms with Crippen molar-refractivity contribution in [3.63, 3.8) is 0 Å². The van der Waals surface area contributed by atoms with E-state index in [1.165, 1.54) is 11.3 Å². The van der Waals surface area contributed by atoms with Crippen molar-refractivity contribution in [2.75, 3.05) is 11.9 Å². The molecular weight excluding hydrogens is 194 g/mol. The van der Waals surface area contributed by atoms with Crippen LogP contribution in [0.15, 0.2) is 30.5 Å². The average molecular weight is 208 g/mol. The van der Waals surface area contributed by atoms with Crippen LogP contribution in [0.25, 0.3) is 0 Å². The Hall–Kier alpha value is -0.950. The second-order valence-corrected chi connectivity index (χ2v) is 4.73. The molecule has 1 aromatic carbocycles. The molecule has 0 N–H and O–H groups in total. The summed E-state index contributed by atoms with van der Waals surface area (Å²) in [5.41, 5.74) is 3.59. The SMILES string of the molecule is C=C1N(C)c2ccc(Cl)cc2C1(C)C. The molecule has 0 aromatic heterocycles. The molecule has 0 saturated carbocycles. The summed E-state index contributed by atoms with van der Waals surface area (Å²) in [5, 5.41) is 0.792. The van der Waals surface area contributed by atoms with Crippen molar-refractivity contribution in [1.29, 1.82) is 0 Å². The number of nitrogens with zero attached hydrogens (tertiary/aromatic N) is 1. The Balaban J connectivity index is 2.69. The number of hydrogen-bond donors (Lipinski definition) is 0. The summed E-state index contributed by atoms with van der Waals surface area (Å²) in [6, 6.07) is 6.01. The van der Waals surface area contributed by atoms with Gasteiger partial charge < -0.3 is 4.90 Å². The maximum Gasteiger partial charge on any atom is 0.0448 e. The van der Waals surface area contributed by atoms with Crippen molar-refractivity contribution in [3.8, 4) is 0 Å². The van der Waals surface area contributed by atoms with Crippen LogP contribution in [0.5, 0.6) is 0 Å². The Kier molecular flexibility index (Phi) is 1.90. The maximum absolute atomic E-state index is 6.00. The highest BCUT2D eigenvalue weighted by Gasteiger charge is 2.36. The predicted octanol–water partition coefficient (Wildman–Crippen LogP) is 3.58. The molecule has 1 aromatic rings. The van der Waals surface area contributed by atoms with Crippen molar-refractivity contribution in [2.45, 2.75) is 19.3 Å². The lowest BCUT2D eigenvalue weighted by molar-refractivity contribution is 0.643. The largest absolute Gasteiger partial charge is 0.348 e. The molecule has 0 radical (unpaired) electrons. The highest BCUT2D eigenvalue weighted by molar-refractivity contribution is 6.30. The predicted molar refractivity (Wildman–Crippen MR) is 62.0 cm³/mol. The molecule has 0 fully saturated rings. The fraction of sp³-hybridized carbons (Fsp3) is 0.333. The van der Waals surface area contributed by atoms with Crippen molar-refractivity contribution >= 4 is 17.3 Å². The van der Waals surface area contributed by atoms with Crippen molar-refractivity contribution in [3.05, 3.63) is 41.1 Å². The molecule has 14 heavy (non-hydrogen) atoms. The summed E-state index contributed by atoms with van der Waals surface area (Å²) in [6.45, 7) is 8.46. The van der Waals surface area contributed by atoms with Crippen LogP contribution in [0.2, 0.25) is 5.02 Å². The van der Waals surface area contributed by atoms with Gasteiger partial charge in [0.25, 0.3) is 0 Å². The quantitative estimate of drug-likeness (QED) is 0.629. The Labute approximate surface area is 90.0 Å². The third-order valence-electron chi connectivity index (χ3n) is 3.12. The normalized spacial score (nSPS) is 18.6. The molecule has 0 amide bonds. The number of hydrogen-bond acceptors (Lipinski definition) is 1. The number of rotatable bonds is 0. The zero-order valence-electron chi connectivity index (χ0n) is 8.76. The Morgan fingerprint density at radius 3 is 2.64 bits per heavy atom. The third-order valence-corrected chi connectivity index (χ3v) is 3.35. The fourth-order valence-electron chi connectivity index (χ4n) is 2.02. The molecule has 1 heterocycles. The Morgan fingerprint density at radius 2 is 2.00 bits per heavy atom. The summed E-state index contributed by atoms with van der Waals surface area (Å²) >= 11 is 6.00. The highest BCUT2D eigenvalue weighted by Crippen LogP contribution is 2.46. The van der Waals surface area contributed by atoms with Crippen LogP contribution in [0.4, 0.5) is 5.69 Å². The van der Waals surface area contributed by atoms with E-state index in [-0.39, 0.29) is 5.41 Å². The van der Waals surface area contributed by atoms with Gasteiger partial charge in [-0.2, -0.15) is 0 Å². The van der Waals surface area contributed by atoms with Gasteiger partial charge in [-0.05, 0) is 23.8 Å². The summed E-state index contributed by atoms with van der Waals surface area (Å²) in [4.78, 5) is 2.13. The number of halogens is 1. The van der Waals surface area contributed by atoms with Gasteiger partial charge in [-0.1, -0.05) is 32.0 Å². The van der Waals surface area contributed by atoms with E-state index in [9.17, 15) is 0 Å². The lowest BCUT2D eigenvalue weighted by atomic mass is 9.84. The molecule has 0 unspecified atom stereocenters. The van der Waals surface area contributed by atoms with Gasteiger partial charge in [0.05, 0.1) is 0 Å². The average Bonchev–Trinajstić information content (AvgIpc) is 2.29. The van der Waals surface area contributed by atoms with Gasteiger partial charge >= 0.3 is 0 Å². The minimum atomic E-state index is -0.00498. The van der Waals surface area contributed by atoms with Gasteiger partial charge in [0.1, 0.15) is 0 Å². The Morgan fingerprint density at radius 1 is 1.36 bits per heavy atom. The number of anilines is 1. The fourth-order valence-corrected chi connectivity index (χ4v) is 2.19. The molecule has 1 aliphatic rings. The van der Waals surface area contributed by atoms with E-state index in [4.69, 9.17) is 11.6 Å². The summed E-state index contributed by atoms with van der Waals surface area (Å²) < 4.78 is 0. The molecule has 2 rings (SSSR count). The first-order valence-corrected chi connectivity index (χ1v) is 5.05.